The molecule has 3 heterocycles. The third-order valence-corrected chi connectivity index (χ3v) is 8.31. The largest absolute Gasteiger partial charge is 0.465 e. The maximum atomic E-state index is 13.4. The van der Waals surface area contributed by atoms with Crippen LogP contribution in [0.3, 0.4) is 0 Å². The molecule has 12 heteroatoms. The molecule has 0 N–H and O–H groups in total. The minimum absolute atomic E-state index is 0.0477. The number of esters is 1. The van der Waals surface area contributed by atoms with Crippen molar-refractivity contribution in [2.75, 3.05) is 33.3 Å². The Hall–Kier alpha value is -3.09. The van der Waals surface area contributed by atoms with Crippen LogP contribution in [-0.4, -0.2) is 72.6 Å². The molecule has 1 aromatic carbocycles. The van der Waals surface area contributed by atoms with Crippen molar-refractivity contribution < 1.29 is 27.1 Å². The SMILES string of the molecule is COC(=O)c1csc(S(=O)(=O)N2CCN(C(=O)c3ccn(-c4cccc(F)c4)n3)CC2)c1. The molecule has 3 aromatic rings. The summed E-state index contributed by atoms with van der Waals surface area (Å²) in [7, 11) is -2.55. The Labute approximate surface area is 187 Å². The fraction of sp³-hybridized carbons (Fsp3) is 0.250. The number of nitrogens with zero attached hydrogens (tertiary/aromatic N) is 4. The van der Waals surface area contributed by atoms with Gasteiger partial charge in [0.15, 0.2) is 5.69 Å². The standard InChI is InChI=1S/C20H19FN4O5S2/c1-30-20(27)14-11-18(31-13-14)32(28,29)24-9-7-23(8-10-24)19(26)17-5-6-25(22-17)16-4-2-3-15(21)12-16/h2-6,11-13H,7-10H2,1H3. The van der Waals surface area contributed by atoms with Gasteiger partial charge in [0.25, 0.3) is 15.9 Å². The van der Waals surface area contributed by atoms with E-state index in [0.29, 0.717) is 5.69 Å². The molecular formula is C20H19FN4O5S2. The maximum absolute atomic E-state index is 13.4. The average Bonchev–Trinajstić information content (AvgIpc) is 3.49. The molecule has 1 aliphatic rings. The van der Waals surface area contributed by atoms with Crippen molar-refractivity contribution in [2.45, 2.75) is 4.21 Å². The van der Waals surface area contributed by atoms with Crippen molar-refractivity contribution >= 4 is 33.2 Å². The van der Waals surface area contributed by atoms with E-state index in [9.17, 15) is 22.4 Å². The summed E-state index contributed by atoms with van der Waals surface area (Å²) in [4.78, 5) is 25.9. The molecule has 0 unspecified atom stereocenters. The van der Waals surface area contributed by atoms with E-state index < -0.39 is 21.8 Å². The number of thiophene rings is 1. The molecule has 168 valence electrons. The summed E-state index contributed by atoms with van der Waals surface area (Å²) in [5, 5.41) is 5.66. The first-order chi connectivity index (χ1) is 15.3. The van der Waals surface area contributed by atoms with Crippen LogP contribution in [0.5, 0.6) is 0 Å². The Morgan fingerprint density at radius 1 is 1.12 bits per heavy atom. The number of ether oxygens (including phenoxy) is 1. The second-order valence-electron chi connectivity index (χ2n) is 6.97. The van der Waals surface area contributed by atoms with E-state index in [2.05, 4.69) is 9.84 Å². The molecule has 0 spiro atoms. The van der Waals surface area contributed by atoms with E-state index in [1.165, 1.54) is 50.6 Å². The van der Waals surface area contributed by atoms with Crippen LogP contribution in [0.2, 0.25) is 0 Å². The lowest BCUT2D eigenvalue weighted by atomic mass is 10.3. The van der Waals surface area contributed by atoms with Crippen LogP contribution in [0.1, 0.15) is 20.8 Å². The predicted molar refractivity (Wildman–Crippen MR) is 114 cm³/mol. The van der Waals surface area contributed by atoms with Crippen LogP contribution in [0, 0.1) is 5.82 Å². The van der Waals surface area contributed by atoms with Crippen LogP contribution in [0.4, 0.5) is 4.39 Å². The van der Waals surface area contributed by atoms with Crippen molar-refractivity contribution in [1.29, 1.82) is 0 Å². The molecule has 32 heavy (non-hydrogen) atoms. The number of rotatable bonds is 5. The number of aromatic nitrogens is 2. The van der Waals surface area contributed by atoms with Crippen LogP contribution in [0.15, 0.2) is 52.2 Å². The summed E-state index contributed by atoms with van der Waals surface area (Å²) < 4.78 is 46.6. The van der Waals surface area contributed by atoms with E-state index in [-0.39, 0.29) is 47.6 Å². The fourth-order valence-corrected chi connectivity index (χ4v) is 6.02. The zero-order valence-corrected chi connectivity index (χ0v) is 18.6. The van der Waals surface area contributed by atoms with E-state index in [4.69, 9.17) is 0 Å². The highest BCUT2D eigenvalue weighted by atomic mass is 32.2. The van der Waals surface area contributed by atoms with Gasteiger partial charge in [0.2, 0.25) is 0 Å². The smallest absolute Gasteiger partial charge is 0.338 e. The van der Waals surface area contributed by atoms with Crippen LogP contribution in [0.25, 0.3) is 5.69 Å². The zero-order chi connectivity index (χ0) is 22.9. The molecule has 0 radical (unpaired) electrons. The normalized spacial score (nSPS) is 15.0. The lowest BCUT2D eigenvalue weighted by molar-refractivity contribution is 0.0600. The van der Waals surface area contributed by atoms with Gasteiger partial charge < -0.3 is 9.64 Å². The number of amides is 1. The summed E-state index contributed by atoms with van der Waals surface area (Å²) in [5.41, 5.74) is 0.854. The van der Waals surface area contributed by atoms with Gasteiger partial charge >= 0.3 is 5.97 Å². The van der Waals surface area contributed by atoms with Crippen molar-refractivity contribution in [3.63, 3.8) is 0 Å². The Balaban J connectivity index is 1.42. The summed E-state index contributed by atoms with van der Waals surface area (Å²) in [6, 6.07) is 8.68. The van der Waals surface area contributed by atoms with Gasteiger partial charge in [0.05, 0.1) is 18.4 Å². The molecular weight excluding hydrogens is 459 g/mol. The Bertz CT molecular complexity index is 1260. The van der Waals surface area contributed by atoms with Crippen molar-refractivity contribution in [1.82, 2.24) is 19.0 Å². The minimum atomic E-state index is -3.78. The average molecular weight is 479 g/mol. The summed E-state index contributed by atoms with van der Waals surface area (Å²) in [5.74, 6) is -1.34. The van der Waals surface area contributed by atoms with Gasteiger partial charge in [-0.05, 0) is 30.3 Å². The number of hydrogen-bond donors (Lipinski definition) is 0. The highest BCUT2D eigenvalue weighted by Gasteiger charge is 2.32. The second-order valence-corrected chi connectivity index (χ2v) is 10.0. The summed E-state index contributed by atoms with van der Waals surface area (Å²) in [6.07, 6.45) is 1.57. The third kappa shape index (κ3) is 4.29. The predicted octanol–water partition coefficient (Wildman–Crippen LogP) is 2.01. The highest BCUT2D eigenvalue weighted by Crippen LogP contribution is 2.25. The molecule has 4 rings (SSSR count). The molecule has 0 bridgehead atoms. The van der Waals surface area contributed by atoms with Gasteiger partial charge in [-0.2, -0.15) is 9.40 Å². The van der Waals surface area contributed by atoms with Gasteiger partial charge in [-0.3, -0.25) is 4.79 Å². The minimum Gasteiger partial charge on any atom is -0.465 e. The second kappa shape index (κ2) is 8.81. The molecule has 1 fully saturated rings. The Morgan fingerprint density at radius 3 is 2.56 bits per heavy atom. The first-order valence-corrected chi connectivity index (χ1v) is 11.9. The van der Waals surface area contributed by atoms with Crippen LogP contribution in [-0.2, 0) is 14.8 Å². The zero-order valence-electron chi connectivity index (χ0n) is 17.0. The fourth-order valence-electron chi connectivity index (χ4n) is 3.30. The number of halogens is 1. The highest BCUT2D eigenvalue weighted by molar-refractivity contribution is 7.91. The summed E-state index contributed by atoms with van der Waals surface area (Å²) >= 11 is 0.949. The number of piperazine rings is 1. The van der Waals surface area contributed by atoms with Gasteiger partial charge in [0.1, 0.15) is 10.0 Å². The van der Waals surface area contributed by atoms with Crippen molar-refractivity contribution in [3.8, 4) is 5.69 Å². The van der Waals surface area contributed by atoms with Gasteiger partial charge in [-0.15, -0.1) is 11.3 Å². The number of carbonyl (C=O) groups is 2. The molecule has 1 aliphatic heterocycles. The van der Waals surface area contributed by atoms with E-state index in [0.717, 1.165) is 11.3 Å². The molecule has 2 aromatic heterocycles. The van der Waals surface area contributed by atoms with Crippen LogP contribution >= 0.6 is 11.3 Å². The number of hydrogen-bond acceptors (Lipinski definition) is 7. The molecule has 1 saturated heterocycles. The third-order valence-electron chi connectivity index (χ3n) is 5.00. The number of sulfonamides is 1. The quantitative estimate of drug-likeness (QED) is 0.520. The monoisotopic (exact) mass is 478 g/mol. The lowest BCUT2D eigenvalue weighted by Gasteiger charge is -2.33. The lowest BCUT2D eigenvalue weighted by Crippen LogP contribution is -2.50. The van der Waals surface area contributed by atoms with Crippen molar-refractivity contribution in [3.05, 3.63) is 65.0 Å². The van der Waals surface area contributed by atoms with Gasteiger partial charge in [0, 0.05) is 37.8 Å². The number of carbonyl (C=O) groups excluding carboxylic acids is 2. The van der Waals surface area contributed by atoms with E-state index in [1.807, 2.05) is 0 Å². The number of benzene rings is 1. The molecule has 0 atom stereocenters. The first kappa shape index (κ1) is 22.1. The van der Waals surface area contributed by atoms with Crippen molar-refractivity contribution in [2.24, 2.45) is 0 Å². The van der Waals surface area contributed by atoms with E-state index in [1.54, 1.807) is 18.3 Å². The van der Waals surface area contributed by atoms with E-state index >= 15 is 0 Å². The number of methoxy groups -OCH3 is 1. The molecule has 9 nitrogen and oxygen atoms in total. The first-order valence-electron chi connectivity index (χ1n) is 9.57. The van der Waals surface area contributed by atoms with Gasteiger partial charge in [-0.25, -0.2) is 22.3 Å². The molecule has 1 amide bonds. The molecule has 0 saturated carbocycles. The topological polar surface area (TPSA) is 102 Å². The summed E-state index contributed by atoms with van der Waals surface area (Å²) in [6.45, 7) is 0.620. The Kier molecular flexibility index (Phi) is 6.09. The van der Waals surface area contributed by atoms with Gasteiger partial charge in [-0.1, -0.05) is 6.07 Å². The molecule has 0 aliphatic carbocycles. The van der Waals surface area contributed by atoms with Crippen LogP contribution < -0.4 is 0 Å². The Morgan fingerprint density at radius 2 is 1.88 bits per heavy atom. The maximum Gasteiger partial charge on any atom is 0.338 e.